The summed E-state index contributed by atoms with van der Waals surface area (Å²) in [5.41, 5.74) is 2.66. The van der Waals surface area contributed by atoms with Gasteiger partial charge in [-0.1, -0.05) is 19.1 Å². The number of thioether (sulfide) groups is 1. The van der Waals surface area contributed by atoms with Crippen molar-refractivity contribution >= 4 is 35.0 Å². The first kappa shape index (κ1) is 18.3. The molecule has 2 aromatic carbocycles. The second-order valence-corrected chi connectivity index (χ2v) is 6.95. The fourth-order valence-electron chi connectivity index (χ4n) is 2.80. The van der Waals surface area contributed by atoms with Crippen LogP contribution < -0.4 is 15.0 Å². The van der Waals surface area contributed by atoms with Crippen molar-refractivity contribution in [3.8, 4) is 5.75 Å². The van der Waals surface area contributed by atoms with Crippen LogP contribution in [0.15, 0.2) is 48.5 Å². The third-order valence-corrected chi connectivity index (χ3v) is 5.31. The molecular weight excluding hydrogens is 348 g/mol. The third kappa shape index (κ3) is 4.02. The van der Waals surface area contributed by atoms with Crippen molar-refractivity contribution in [2.75, 3.05) is 22.6 Å². The summed E-state index contributed by atoms with van der Waals surface area (Å²) in [5, 5.41) is 2.77. The first-order valence-electron chi connectivity index (χ1n) is 8.68. The summed E-state index contributed by atoms with van der Waals surface area (Å²) in [4.78, 5) is 25.8. The highest BCUT2D eigenvalue weighted by Crippen LogP contribution is 2.42. The lowest BCUT2D eigenvalue weighted by Gasteiger charge is -2.24. The summed E-state index contributed by atoms with van der Waals surface area (Å²) in [6.07, 6.45) is 0.445. The zero-order valence-corrected chi connectivity index (χ0v) is 15.7. The second-order valence-electron chi connectivity index (χ2n) is 5.88. The highest BCUT2D eigenvalue weighted by atomic mass is 32.2. The largest absolute Gasteiger partial charge is 0.494 e. The SMILES string of the molecule is CCOc1ccc(N2C(=O)CS[C@@H]2c2ccc(NC(=O)CC)cc2)cc1. The Bertz CT molecular complexity index is 775. The topological polar surface area (TPSA) is 58.6 Å². The number of hydrogen-bond acceptors (Lipinski definition) is 4. The minimum Gasteiger partial charge on any atom is -0.494 e. The van der Waals surface area contributed by atoms with Crippen LogP contribution in [0.4, 0.5) is 11.4 Å². The molecule has 5 nitrogen and oxygen atoms in total. The van der Waals surface area contributed by atoms with Crippen LogP contribution in [-0.4, -0.2) is 24.2 Å². The lowest BCUT2D eigenvalue weighted by molar-refractivity contribution is -0.116. The molecule has 0 aliphatic carbocycles. The van der Waals surface area contributed by atoms with E-state index in [1.807, 2.05) is 67.3 Å². The number of nitrogens with zero attached hydrogens (tertiary/aromatic N) is 1. The number of carbonyl (C=O) groups excluding carboxylic acids is 2. The first-order chi connectivity index (χ1) is 12.6. The summed E-state index contributed by atoms with van der Waals surface area (Å²) in [7, 11) is 0. The number of amides is 2. The van der Waals surface area contributed by atoms with Crippen molar-refractivity contribution in [1.82, 2.24) is 0 Å². The maximum Gasteiger partial charge on any atom is 0.238 e. The van der Waals surface area contributed by atoms with E-state index in [4.69, 9.17) is 4.74 Å². The molecule has 1 aliphatic heterocycles. The number of rotatable bonds is 6. The summed E-state index contributed by atoms with van der Waals surface area (Å²) >= 11 is 1.60. The van der Waals surface area contributed by atoms with Crippen LogP contribution in [-0.2, 0) is 9.59 Å². The van der Waals surface area contributed by atoms with Gasteiger partial charge >= 0.3 is 0 Å². The molecule has 136 valence electrons. The molecule has 0 saturated carbocycles. The molecule has 0 aromatic heterocycles. The highest BCUT2D eigenvalue weighted by Gasteiger charge is 2.34. The van der Waals surface area contributed by atoms with Crippen molar-refractivity contribution in [2.24, 2.45) is 0 Å². The van der Waals surface area contributed by atoms with Gasteiger partial charge in [0.05, 0.1) is 12.4 Å². The predicted octanol–water partition coefficient (Wildman–Crippen LogP) is 4.21. The Morgan fingerprint density at radius 1 is 1.15 bits per heavy atom. The van der Waals surface area contributed by atoms with Crippen LogP contribution in [0.25, 0.3) is 0 Å². The third-order valence-electron chi connectivity index (χ3n) is 4.09. The average molecular weight is 370 g/mol. The molecule has 1 fully saturated rings. The number of hydrogen-bond donors (Lipinski definition) is 1. The molecule has 0 unspecified atom stereocenters. The lowest BCUT2D eigenvalue weighted by Crippen LogP contribution is -2.27. The molecule has 3 rings (SSSR count). The normalized spacial score (nSPS) is 16.6. The van der Waals surface area contributed by atoms with Gasteiger partial charge in [-0.05, 0) is 48.9 Å². The molecule has 1 saturated heterocycles. The standard InChI is InChI=1S/C20H22N2O3S/c1-3-18(23)21-15-7-5-14(6-8-15)20-22(19(24)13-26-20)16-9-11-17(12-10-16)25-4-2/h5-12,20H,3-4,13H2,1-2H3,(H,21,23)/t20-/m1/s1. The van der Waals surface area contributed by atoms with Gasteiger partial charge in [0.1, 0.15) is 11.1 Å². The molecule has 1 aliphatic rings. The maximum absolute atomic E-state index is 12.4. The summed E-state index contributed by atoms with van der Waals surface area (Å²) < 4.78 is 5.47. The Labute approximate surface area is 157 Å². The van der Waals surface area contributed by atoms with Crippen LogP contribution >= 0.6 is 11.8 Å². The van der Waals surface area contributed by atoms with E-state index in [0.29, 0.717) is 18.8 Å². The molecule has 2 aromatic rings. The summed E-state index contributed by atoms with van der Waals surface area (Å²) in [6, 6.07) is 15.3. The highest BCUT2D eigenvalue weighted by molar-refractivity contribution is 8.00. The van der Waals surface area contributed by atoms with E-state index in [1.165, 1.54) is 0 Å². The van der Waals surface area contributed by atoms with Crippen LogP contribution in [0, 0.1) is 0 Å². The Balaban J connectivity index is 1.80. The summed E-state index contributed by atoms with van der Waals surface area (Å²) in [5.74, 6) is 1.32. The van der Waals surface area contributed by atoms with Crippen LogP contribution in [0.5, 0.6) is 5.75 Å². The average Bonchev–Trinajstić information content (AvgIpc) is 3.05. The van der Waals surface area contributed by atoms with E-state index >= 15 is 0 Å². The number of nitrogens with one attached hydrogen (secondary N) is 1. The molecular formula is C20H22N2O3S. The quantitative estimate of drug-likeness (QED) is 0.827. The number of benzene rings is 2. The fraction of sp³-hybridized carbons (Fsp3) is 0.300. The zero-order valence-electron chi connectivity index (χ0n) is 14.9. The second kappa shape index (κ2) is 8.27. The first-order valence-corrected chi connectivity index (χ1v) is 9.73. The van der Waals surface area contributed by atoms with Gasteiger partial charge in [-0.3, -0.25) is 14.5 Å². The molecule has 0 radical (unpaired) electrons. The van der Waals surface area contributed by atoms with Crippen LogP contribution in [0.1, 0.15) is 31.2 Å². The minimum absolute atomic E-state index is 0.0146. The fourth-order valence-corrected chi connectivity index (χ4v) is 3.98. The smallest absolute Gasteiger partial charge is 0.238 e. The van der Waals surface area contributed by atoms with Gasteiger partial charge in [-0.15, -0.1) is 11.8 Å². The van der Waals surface area contributed by atoms with Gasteiger partial charge in [0.25, 0.3) is 0 Å². The van der Waals surface area contributed by atoms with Crippen molar-refractivity contribution in [1.29, 1.82) is 0 Å². The van der Waals surface area contributed by atoms with Gasteiger partial charge in [-0.25, -0.2) is 0 Å². The summed E-state index contributed by atoms with van der Waals surface area (Å²) in [6.45, 7) is 4.37. The number of anilines is 2. The Morgan fingerprint density at radius 3 is 2.46 bits per heavy atom. The van der Waals surface area contributed by atoms with Gasteiger partial charge in [0.2, 0.25) is 11.8 Å². The molecule has 0 bridgehead atoms. The number of carbonyl (C=O) groups is 2. The van der Waals surface area contributed by atoms with Crippen LogP contribution in [0.2, 0.25) is 0 Å². The predicted molar refractivity (Wildman–Crippen MR) is 106 cm³/mol. The van der Waals surface area contributed by atoms with Gasteiger partial charge in [0.15, 0.2) is 0 Å². The van der Waals surface area contributed by atoms with E-state index in [9.17, 15) is 9.59 Å². The van der Waals surface area contributed by atoms with Crippen molar-refractivity contribution in [3.05, 3.63) is 54.1 Å². The van der Waals surface area contributed by atoms with Gasteiger partial charge in [0, 0.05) is 17.8 Å². The van der Waals surface area contributed by atoms with E-state index in [-0.39, 0.29) is 17.2 Å². The van der Waals surface area contributed by atoms with Crippen molar-refractivity contribution < 1.29 is 14.3 Å². The molecule has 1 atom stereocenters. The minimum atomic E-state index is -0.0728. The molecule has 26 heavy (non-hydrogen) atoms. The molecule has 1 heterocycles. The van der Waals surface area contributed by atoms with E-state index in [1.54, 1.807) is 11.8 Å². The molecule has 0 spiro atoms. The zero-order chi connectivity index (χ0) is 18.5. The van der Waals surface area contributed by atoms with Gasteiger partial charge < -0.3 is 10.1 Å². The Morgan fingerprint density at radius 2 is 1.85 bits per heavy atom. The number of ether oxygens (including phenoxy) is 1. The lowest BCUT2D eigenvalue weighted by atomic mass is 10.1. The van der Waals surface area contributed by atoms with Gasteiger partial charge in [-0.2, -0.15) is 0 Å². The Kier molecular flexibility index (Phi) is 5.83. The molecule has 2 amide bonds. The Hall–Kier alpha value is -2.47. The van der Waals surface area contributed by atoms with E-state index in [0.717, 1.165) is 22.7 Å². The molecule has 1 N–H and O–H groups in total. The van der Waals surface area contributed by atoms with Crippen molar-refractivity contribution in [2.45, 2.75) is 25.6 Å². The van der Waals surface area contributed by atoms with E-state index < -0.39 is 0 Å². The maximum atomic E-state index is 12.4. The monoisotopic (exact) mass is 370 g/mol. The van der Waals surface area contributed by atoms with E-state index in [2.05, 4.69) is 5.32 Å². The van der Waals surface area contributed by atoms with Crippen molar-refractivity contribution in [3.63, 3.8) is 0 Å². The van der Waals surface area contributed by atoms with Crippen LogP contribution in [0.3, 0.4) is 0 Å². The molecule has 6 heteroatoms.